The van der Waals surface area contributed by atoms with Gasteiger partial charge >= 0.3 is 0 Å². The number of nitrogens with one attached hydrogen (secondary N) is 1. The van der Waals surface area contributed by atoms with Gasteiger partial charge in [0.1, 0.15) is 17.5 Å². The van der Waals surface area contributed by atoms with Crippen LogP contribution in [-0.2, 0) is 0 Å². The fraction of sp³-hybridized carbons (Fsp3) is 0.714. The predicted octanol–water partition coefficient (Wildman–Crippen LogP) is 3.02. The number of hydrogen-bond acceptors (Lipinski definition) is 4. The lowest BCUT2D eigenvalue weighted by molar-refractivity contribution is 0.658. The van der Waals surface area contributed by atoms with E-state index in [2.05, 4.69) is 42.0 Å². The van der Waals surface area contributed by atoms with Gasteiger partial charge in [-0.05, 0) is 33.1 Å². The Balaban J connectivity index is 2.31. The zero-order valence-electron chi connectivity index (χ0n) is 11.9. The molecule has 1 aromatic heterocycles. The van der Waals surface area contributed by atoms with Crippen LogP contribution < -0.4 is 10.2 Å². The van der Waals surface area contributed by atoms with Gasteiger partial charge in [-0.1, -0.05) is 6.92 Å². The summed E-state index contributed by atoms with van der Waals surface area (Å²) >= 11 is 0. The van der Waals surface area contributed by atoms with Crippen molar-refractivity contribution in [2.75, 3.05) is 23.8 Å². The molecule has 2 rings (SSSR count). The molecule has 1 aliphatic rings. The molecule has 0 aromatic carbocycles. The quantitative estimate of drug-likeness (QED) is 0.840. The maximum Gasteiger partial charge on any atom is 0.136 e. The number of nitrogens with zero attached hydrogens (tertiary/aromatic N) is 3. The molecule has 1 heterocycles. The standard InChI is InChI=1S/C14H24N4/c1-5-8-18(10(2)3)13-9-12(15-4)16-14(17-13)11-6-7-11/h9-11H,5-8H2,1-4H3,(H,15,16,17). The van der Waals surface area contributed by atoms with E-state index in [0.29, 0.717) is 12.0 Å². The normalized spacial score (nSPS) is 14.9. The molecule has 0 atom stereocenters. The first-order valence-corrected chi connectivity index (χ1v) is 6.99. The third-order valence-corrected chi connectivity index (χ3v) is 3.31. The van der Waals surface area contributed by atoms with E-state index in [1.807, 2.05) is 7.05 Å². The second kappa shape index (κ2) is 5.55. The van der Waals surface area contributed by atoms with Crippen molar-refractivity contribution in [2.45, 2.75) is 52.0 Å². The van der Waals surface area contributed by atoms with E-state index in [9.17, 15) is 0 Å². The van der Waals surface area contributed by atoms with Gasteiger partial charge in [0.15, 0.2) is 0 Å². The van der Waals surface area contributed by atoms with Crippen molar-refractivity contribution in [3.8, 4) is 0 Å². The van der Waals surface area contributed by atoms with Crippen LogP contribution >= 0.6 is 0 Å². The lowest BCUT2D eigenvalue weighted by atomic mass is 10.2. The second-order valence-corrected chi connectivity index (χ2v) is 5.28. The van der Waals surface area contributed by atoms with Gasteiger partial charge in [-0.3, -0.25) is 0 Å². The van der Waals surface area contributed by atoms with Crippen molar-refractivity contribution >= 4 is 11.6 Å². The first-order chi connectivity index (χ1) is 8.65. The van der Waals surface area contributed by atoms with Crippen LogP contribution in [0.1, 0.15) is 51.8 Å². The fourth-order valence-corrected chi connectivity index (χ4v) is 2.13. The van der Waals surface area contributed by atoms with Gasteiger partial charge in [-0.25, -0.2) is 9.97 Å². The molecule has 0 aliphatic heterocycles. The minimum atomic E-state index is 0.469. The smallest absolute Gasteiger partial charge is 0.136 e. The molecule has 4 heteroatoms. The van der Waals surface area contributed by atoms with Gasteiger partial charge in [-0.15, -0.1) is 0 Å². The summed E-state index contributed by atoms with van der Waals surface area (Å²) in [6, 6.07) is 2.53. The average Bonchev–Trinajstić information content (AvgIpc) is 3.19. The highest BCUT2D eigenvalue weighted by Gasteiger charge is 2.28. The molecule has 0 unspecified atom stereocenters. The van der Waals surface area contributed by atoms with Crippen LogP contribution in [0.2, 0.25) is 0 Å². The summed E-state index contributed by atoms with van der Waals surface area (Å²) in [6.07, 6.45) is 3.61. The van der Waals surface area contributed by atoms with Crippen LogP contribution in [0.3, 0.4) is 0 Å². The minimum absolute atomic E-state index is 0.469. The van der Waals surface area contributed by atoms with E-state index in [-0.39, 0.29) is 0 Å². The molecule has 0 saturated heterocycles. The molecule has 18 heavy (non-hydrogen) atoms. The molecule has 0 radical (unpaired) electrons. The molecule has 0 bridgehead atoms. The number of rotatable bonds is 6. The van der Waals surface area contributed by atoms with Gasteiger partial charge in [0.2, 0.25) is 0 Å². The molecule has 1 aliphatic carbocycles. The Morgan fingerprint density at radius 3 is 2.61 bits per heavy atom. The first kappa shape index (κ1) is 13.1. The monoisotopic (exact) mass is 248 g/mol. The van der Waals surface area contributed by atoms with Crippen LogP contribution in [0, 0.1) is 0 Å². The molecule has 0 amide bonds. The third kappa shape index (κ3) is 2.92. The summed E-state index contributed by atoms with van der Waals surface area (Å²) in [5, 5.41) is 3.15. The lowest BCUT2D eigenvalue weighted by Gasteiger charge is -2.28. The highest BCUT2D eigenvalue weighted by Crippen LogP contribution is 2.39. The summed E-state index contributed by atoms with van der Waals surface area (Å²) in [5.41, 5.74) is 0. The molecular weight excluding hydrogens is 224 g/mol. The van der Waals surface area contributed by atoms with Crippen LogP contribution in [0.25, 0.3) is 0 Å². The Bertz CT molecular complexity index is 399. The maximum atomic E-state index is 4.76. The highest BCUT2D eigenvalue weighted by molar-refractivity contribution is 5.50. The second-order valence-electron chi connectivity index (χ2n) is 5.28. The van der Waals surface area contributed by atoms with E-state index in [1.165, 1.54) is 12.8 Å². The number of hydrogen-bond donors (Lipinski definition) is 1. The number of aromatic nitrogens is 2. The number of anilines is 2. The van der Waals surface area contributed by atoms with Crippen molar-refractivity contribution in [3.63, 3.8) is 0 Å². The Kier molecular flexibility index (Phi) is 4.04. The van der Waals surface area contributed by atoms with E-state index in [1.54, 1.807) is 0 Å². The molecule has 1 saturated carbocycles. The van der Waals surface area contributed by atoms with Crippen LogP contribution in [-0.4, -0.2) is 29.6 Å². The van der Waals surface area contributed by atoms with E-state index >= 15 is 0 Å². The molecule has 0 spiro atoms. The Morgan fingerprint density at radius 2 is 2.11 bits per heavy atom. The topological polar surface area (TPSA) is 41.0 Å². The lowest BCUT2D eigenvalue weighted by Crippen LogP contribution is -2.32. The SMILES string of the molecule is CCCN(c1cc(NC)nc(C2CC2)n1)C(C)C. The summed E-state index contributed by atoms with van der Waals surface area (Å²) in [5.74, 6) is 3.60. The molecule has 100 valence electrons. The van der Waals surface area contributed by atoms with Crippen LogP contribution in [0.15, 0.2) is 6.07 Å². The molecular formula is C14H24N4. The van der Waals surface area contributed by atoms with Crippen molar-refractivity contribution < 1.29 is 0 Å². The summed E-state index contributed by atoms with van der Waals surface area (Å²) in [7, 11) is 1.92. The zero-order valence-corrected chi connectivity index (χ0v) is 11.9. The van der Waals surface area contributed by atoms with Gasteiger partial charge in [0.25, 0.3) is 0 Å². The fourth-order valence-electron chi connectivity index (χ4n) is 2.13. The molecule has 4 nitrogen and oxygen atoms in total. The Labute approximate surface area is 110 Å². The largest absolute Gasteiger partial charge is 0.373 e. The van der Waals surface area contributed by atoms with E-state index in [4.69, 9.17) is 4.98 Å². The van der Waals surface area contributed by atoms with Gasteiger partial charge in [0, 0.05) is 31.6 Å². The maximum absolute atomic E-state index is 4.76. The van der Waals surface area contributed by atoms with Gasteiger partial charge in [0.05, 0.1) is 0 Å². The minimum Gasteiger partial charge on any atom is -0.373 e. The molecule has 1 aromatic rings. The predicted molar refractivity (Wildman–Crippen MR) is 76.3 cm³/mol. The van der Waals surface area contributed by atoms with Crippen LogP contribution in [0.4, 0.5) is 11.6 Å². The summed E-state index contributed by atoms with van der Waals surface area (Å²) in [6.45, 7) is 7.68. The van der Waals surface area contributed by atoms with Crippen molar-refractivity contribution in [1.29, 1.82) is 0 Å². The molecule has 1 N–H and O–H groups in total. The van der Waals surface area contributed by atoms with Crippen molar-refractivity contribution in [3.05, 3.63) is 11.9 Å². The third-order valence-electron chi connectivity index (χ3n) is 3.31. The Morgan fingerprint density at radius 1 is 1.39 bits per heavy atom. The molecule has 1 fully saturated rings. The van der Waals surface area contributed by atoms with Crippen LogP contribution in [0.5, 0.6) is 0 Å². The summed E-state index contributed by atoms with van der Waals surface area (Å²) < 4.78 is 0. The average molecular weight is 248 g/mol. The van der Waals surface area contributed by atoms with E-state index in [0.717, 1.165) is 30.4 Å². The highest BCUT2D eigenvalue weighted by atomic mass is 15.2. The first-order valence-electron chi connectivity index (χ1n) is 6.99. The van der Waals surface area contributed by atoms with Crippen molar-refractivity contribution in [2.24, 2.45) is 0 Å². The summed E-state index contributed by atoms with van der Waals surface area (Å²) in [4.78, 5) is 11.7. The zero-order chi connectivity index (χ0) is 13.1. The van der Waals surface area contributed by atoms with Crippen molar-refractivity contribution in [1.82, 2.24) is 9.97 Å². The Hall–Kier alpha value is -1.32. The van der Waals surface area contributed by atoms with Gasteiger partial charge < -0.3 is 10.2 Å². The van der Waals surface area contributed by atoms with Gasteiger partial charge in [-0.2, -0.15) is 0 Å². The van der Waals surface area contributed by atoms with E-state index < -0.39 is 0 Å².